The fraction of sp³-hybridized carbons (Fsp3) is 0.214. The maximum atomic E-state index is 12.4. The van der Waals surface area contributed by atoms with Gasteiger partial charge in [0, 0.05) is 11.9 Å². The summed E-state index contributed by atoms with van der Waals surface area (Å²) in [7, 11) is -3.84. The van der Waals surface area contributed by atoms with Gasteiger partial charge in [0.2, 0.25) is 15.9 Å². The number of sulfonamides is 1. The molecule has 0 saturated heterocycles. The highest BCUT2D eigenvalue weighted by Gasteiger charge is 2.21. The van der Waals surface area contributed by atoms with Gasteiger partial charge in [0.1, 0.15) is 10.7 Å². The predicted molar refractivity (Wildman–Crippen MR) is 83.2 cm³/mol. The van der Waals surface area contributed by atoms with Gasteiger partial charge >= 0.3 is 0 Å². The number of hydrogen-bond donors (Lipinski definition) is 2. The van der Waals surface area contributed by atoms with Crippen molar-refractivity contribution in [2.45, 2.75) is 25.3 Å². The van der Waals surface area contributed by atoms with E-state index in [9.17, 15) is 13.2 Å². The largest absolute Gasteiger partial charge is 0.468 e. The second-order valence-corrected chi connectivity index (χ2v) is 6.83. The first-order valence-electron chi connectivity index (χ1n) is 6.39. The van der Waals surface area contributed by atoms with Gasteiger partial charge in [-0.05, 0) is 36.8 Å². The van der Waals surface area contributed by atoms with E-state index in [-0.39, 0.29) is 23.0 Å². The van der Waals surface area contributed by atoms with Gasteiger partial charge < -0.3 is 9.73 Å². The van der Waals surface area contributed by atoms with E-state index in [2.05, 4.69) is 10.0 Å². The van der Waals surface area contributed by atoms with E-state index in [4.69, 9.17) is 16.0 Å². The standard InChI is InChI=1S/C14H15ClN2O4S/c1-9-6-14(13(7-12(9)15)17-10(2)18)22(19,20)16-8-11-4-3-5-21-11/h3-7,16H,8H2,1-2H3,(H,17,18). The predicted octanol–water partition coefficient (Wildman–Crippen LogP) is 2.68. The number of benzene rings is 1. The summed E-state index contributed by atoms with van der Waals surface area (Å²) in [6, 6.07) is 6.15. The molecule has 0 aliphatic heterocycles. The molecule has 0 spiro atoms. The highest BCUT2D eigenvalue weighted by atomic mass is 35.5. The number of rotatable bonds is 5. The minimum Gasteiger partial charge on any atom is -0.468 e. The molecular formula is C14H15ClN2O4S. The van der Waals surface area contributed by atoms with Gasteiger partial charge in [-0.25, -0.2) is 13.1 Å². The summed E-state index contributed by atoms with van der Waals surface area (Å²) in [4.78, 5) is 11.2. The van der Waals surface area contributed by atoms with Crippen molar-refractivity contribution in [2.75, 3.05) is 5.32 Å². The minimum absolute atomic E-state index is 0.0104. The fourth-order valence-corrected chi connectivity index (χ4v) is 3.20. The molecule has 2 aromatic rings. The molecule has 0 atom stereocenters. The summed E-state index contributed by atoms with van der Waals surface area (Å²) in [5, 5.41) is 2.84. The molecule has 22 heavy (non-hydrogen) atoms. The van der Waals surface area contributed by atoms with Crippen molar-refractivity contribution in [3.63, 3.8) is 0 Å². The maximum Gasteiger partial charge on any atom is 0.243 e. The van der Waals surface area contributed by atoms with Crippen LogP contribution in [-0.2, 0) is 21.4 Å². The monoisotopic (exact) mass is 342 g/mol. The molecule has 0 radical (unpaired) electrons. The molecule has 0 fully saturated rings. The van der Waals surface area contributed by atoms with Crippen LogP contribution in [0.4, 0.5) is 5.69 Å². The summed E-state index contributed by atoms with van der Waals surface area (Å²) in [5.41, 5.74) is 0.726. The lowest BCUT2D eigenvalue weighted by Crippen LogP contribution is -2.24. The average Bonchev–Trinajstić information content (AvgIpc) is 2.93. The molecule has 6 nitrogen and oxygen atoms in total. The molecule has 2 rings (SSSR count). The van der Waals surface area contributed by atoms with E-state index in [1.54, 1.807) is 19.1 Å². The summed E-state index contributed by atoms with van der Waals surface area (Å²) >= 11 is 6.00. The number of nitrogens with one attached hydrogen (secondary N) is 2. The van der Waals surface area contributed by atoms with Gasteiger partial charge in [-0.2, -0.15) is 0 Å². The first-order valence-corrected chi connectivity index (χ1v) is 8.25. The van der Waals surface area contributed by atoms with Crippen LogP contribution < -0.4 is 10.0 Å². The van der Waals surface area contributed by atoms with Gasteiger partial charge in [-0.1, -0.05) is 11.6 Å². The van der Waals surface area contributed by atoms with Crippen molar-refractivity contribution < 1.29 is 17.6 Å². The number of aryl methyl sites for hydroxylation is 1. The van der Waals surface area contributed by atoms with Crippen molar-refractivity contribution in [3.05, 3.63) is 46.9 Å². The molecular weight excluding hydrogens is 328 g/mol. The number of carbonyl (C=O) groups is 1. The molecule has 0 aliphatic carbocycles. The van der Waals surface area contributed by atoms with Crippen LogP contribution in [0.1, 0.15) is 18.2 Å². The first-order chi connectivity index (χ1) is 10.3. The average molecular weight is 343 g/mol. The lowest BCUT2D eigenvalue weighted by molar-refractivity contribution is -0.114. The Kier molecular flexibility index (Phi) is 4.90. The highest BCUT2D eigenvalue weighted by molar-refractivity contribution is 7.89. The second-order valence-electron chi connectivity index (χ2n) is 4.68. The van der Waals surface area contributed by atoms with Crippen molar-refractivity contribution in [2.24, 2.45) is 0 Å². The Morgan fingerprint density at radius 2 is 2.09 bits per heavy atom. The van der Waals surface area contributed by atoms with Gasteiger partial charge in [0.15, 0.2) is 0 Å². The third kappa shape index (κ3) is 3.88. The smallest absolute Gasteiger partial charge is 0.243 e. The van der Waals surface area contributed by atoms with Crippen LogP contribution in [0.15, 0.2) is 39.8 Å². The van der Waals surface area contributed by atoms with E-state index in [1.165, 1.54) is 25.3 Å². The van der Waals surface area contributed by atoms with E-state index < -0.39 is 10.0 Å². The third-order valence-corrected chi connectivity index (χ3v) is 4.73. The molecule has 0 bridgehead atoms. The minimum atomic E-state index is -3.84. The Bertz CT molecular complexity index is 785. The molecule has 8 heteroatoms. The van der Waals surface area contributed by atoms with Crippen LogP contribution >= 0.6 is 11.6 Å². The quantitative estimate of drug-likeness (QED) is 0.874. The van der Waals surface area contributed by atoms with Gasteiger partial charge in [0.25, 0.3) is 0 Å². The summed E-state index contributed by atoms with van der Waals surface area (Å²) in [5.74, 6) is 0.0951. The molecule has 0 unspecified atom stereocenters. The molecule has 1 heterocycles. The number of amides is 1. The number of carbonyl (C=O) groups excluding carboxylic acids is 1. The second kappa shape index (κ2) is 6.51. The van der Waals surface area contributed by atoms with E-state index >= 15 is 0 Å². The molecule has 0 saturated carbocycles. The molecule has 1 amide bonds. The Hall–Kier alpha value is -1.83. The SMILES string of the molecule is CC(=O)Nc1cc(Cl)c(C)cc1S(=O)(=O)NCc1ccco1. The topological polar surface area (TPSA) is 88.4 Å². The number of hydrogen-bond acceptors (Lipinski definition) is 4. The van der Waals surface area contributed by atoms with E-state index in [0.717, 1.165) is 0 Å². The lowest BCUT2D eigenvalue weighted by Gasteiger charge is -2.13. The van der Waals surface area contributed by atoms with Crippen LogP contribution in [0.25, 0.3) is 0 Å². The summed E-state index contributed by atoms with van der Waals surface area (Å²) in [6.45, 7) is 2.99. The van der Waals surface area contributed by atoms with Crippen LogP contribution in [0.3, 0.4) is 0 Å². The number of halogens is 1. The molecule has 2 N–H and O–H groups in total. The Labute approximate surface area is 133 Å². The zero-order chi connectivity index (χ0) is 16.3. The zero-order valence-electron chi connectivity index (χ0n) is 12.0. The van der Waals surface area contributed by atoms with Crippen LogP contribution in [0.5, 0.6) is 0 Å². The van der Waals surface area contributed by atoms with E-state index in [0.29, 0.717) is 16.3 Å². The first kappa shape index (κ1) is 16.5. The van der Waals surface area contributed by atoms with Gasteiger partial charge in [-0.15, -0.1) is 0 Å². The Balaban J connectivity index is 2.35. The highest BCUT2D eigenvalue weighted by Crippen LogP contribution is 2.28. The van der Waals surface area contributed by atoms with Crippen LogP contribution in [0, 0.1) is 6.92 Å². The molecule has 1 aromatic carbocycles. The fourth-order valence-electron chi connectivity index (χ4n) is 1.82. The summed E-state index contributed by atoms with van der Waals surface area (Å²) < 4.78 is 32.4. The Morgan fingerprint density at radius 3 is 2.68 bits per heavy atom. The lowest BCUT2D eigenvalue weighted by atomic mass is 10.2. The van der Waals surface area contributed by atoms with Crippen molar-refractivity contribution in [1.29, 1.82) is 0 Å². The van der Waals surface area contributed by atoms with Crippen molar-refractivity contribution >= 4 is 33.2 Å². The van der Waals surface area contributed by atoms with Gasteiger partial charge in [0.05, 0.1) is 18.5 Å². The van der Waals surface area contributed by atoms with Crippen molar-refractivity contribution in [3.8, 4) is 0 Å². The van der Waals surface area contributed by atoms with Gasteiger partial charge in [-0.3, -0.25) is 4.79 Å². The van der Waals surface area contributed by atoms with Crippen LogP contribution in [0.2, 0.25) is 5.02 Å². The molecule has 118 valence electrons. The van der Waals surface area contributed by atoms with Crippen LogP contribution in [-0.4, -0.2) is 14.3 Å². The summed E-state index contributed by atoms with van der Waals surface area (Å²) in [6.07, 6.45) is 1.46. The molecule has 0 aliphatic rings. The van der Waals surface area contributed by atoms with E-state index in [1.807, 2.05) is 0 Å². The normalized spacial score (nSPS) is 11.4. The maximum absolute atomic E-state index is 12.4. The molecule has 1 aromatic heterocycles. The van der Waals surface area contributed by atoms with Crippen molar-refractivity contribution in [1.82, 2.24) is 4.72 Å². The number of anilines is 1. The Morgan fingerprint density at radius 1 is 1.36 bits per heavy atom. The zero-order valence-corrected chi connectivity index (χ0v) is 13.6. The third-order valence-electron chi connectivity index (χ3n) is 2.88. The number of furan rings is 1.